The van der Waals surface area contributed by atoms with Crippen LogP contribution < -0.4 is 16.2 Å². The number of hydrazine groups is 1. The van der Waals surface area contributed by atoms with E-state index in [-0.39, 0.29) is 12.0 Å². The van der Waals surface area contributed by atoms with Crippen LogP contribution in [0, 0.1) is 0 Å². The molecule has 0 radical (unpaired) electrons. The Balaban J connectivity index is 2.16. The number of aliphatic hydroxyl groups excluding tert-OH is 1. The molecule has 0 unspecified atom stereocenters. The smallest absolute Gasteiger partial charge is 0.145 e. The molecule has 0 amide bonds. The van der Waals surface area contributed by atoms with Crippen molar-refractivity contribution >= 4 is 11.6 Å². The van der Waals surface area contributed by atoms with E-state index in [0.717, 1.165) is 44.4 Å². The Bertz CT molecular complexity index is 465. The lowest BCUT2D eigenvalue weighted by Crippen LogP contribution is -2.47. The summed E-state index contributed by atoms with van der Waals surface area (Å²) in [6, 6.07) is 1.89. The Labute approximate surface area is 126 Å². The molecule has 1 aromatic rings. The first-order chi connectivity index (χ1) is 9.94. The second kappa shape index (κ2) is 6.55. The first kappa shape index (κ1) is 15.9. The number of aromatic nitrogens is 2. The lowest BCUT2D eigenvalue weighted by atomic mass is 9.96. The van der Waals surface area contributed by atoms with Gasteiger partial charge < -0.3 is 15.4 Å². The molecule has 0 aromatic carbocycles. The summed E-state index contributed by atoms with van der Waals surface area (Å²) >= 11 is 0. The molecule has 0 saturated carbocycles. The summed E-state index contributed by atoms with van der Waals surface area (Å²) in [6.07, 6.45) is 0. The molecule has 7 nitrogen and oxygen atoms in total. The molecular formula is C14H26N6O. The van der Waals surface area contributed by atoms with Crippen LogP contribution in [0.25, 0.3) is 0 Å². The van der Waals surface area contributed by atoms with Gasteiger partial charge in [-0.2, -0.15) is 0 Å². The van der Waals surface area contributed by atoms with Gasteiger partial charge >= 0.3 is 0 Å². The van der Waals surface area contributed by atoms with Crippen molar-refractivity contribution in [3.63, 3.8) is 0 Å². The standard InChI is InChI=1S/C14H26N6O/c1-14(2,3)13-16-11(18-15)10-12(17-13)20-6-4-19(5-7-20)8-9-21/h10,21H,4-9,15H2,1-3H3,(H,16,17,18). The fourth-order valence-corrected chi connectivity index (χ4v) is 2.35. The van der Waals surface area contributed by atoms with E-state index >= 15 is 0 Å². The summed E-state index contributed by atoms with van der Waals surface area (Å²) < 4.78 is 0. The van der Waals surface area contributed by atoms with Gasteiger partial charge in [0, 0.05) is 44.2 Å². The molecule has 4 N–H and O–H groups in total. The molecule has 0 atom stereocenters. The van der Waals surface area contributed by atoms with Crippen LogP contribution in [0.4, 0.5) is 11.6 Å². The van der Waals surface area contributed by atoms with Crippen molar-refractivity contribution in [3.8, 4) is 0 Å². The van der Waals surface area contributed by atoms with Gasteiger partial charge in [0.1, 0.15) is 17.5 Å². The number of nitrogens with two attached hydrogens (primary N) is 1. The molecule has 0 bridgehead atoms. The van der Waals surface area contributed by atoms with Gasteiger partial charge in [0.05, 0.1) is 6.61 Å². The van der Waals surface area contributed by atoms with Crippen LogP contribution in [0.3, 0.4) is 0 Å². The van der Waals surface area contributed by atoms with E-state index < -0.39 is 0 Å². The Morgan fingerprint density at radius 3 is 2.43 bits per heavy atom. The molecule has 2 rings (SSSR count). The van der Waals surface area contributed by atoms with E-state index in [1.54, 1.807) is 0 Å². The number of anilines is 2. The zero-order valence-corrected chi connectivity index (χ0v) is 13.1. The quantitative estimate of drug-likeness (QED) is 0.539. The highest BCUT2D eigenvalue weighted by Gasteiger charge is 2.23. The van der Waals surface area contributed by atoms with Crippen molar-refractivity contribution in [2.75, 3.05) is 49.7 Å². The van der Waals surface area contributed by atoms with E-state index in [4.69, 9.17) is 15.9 Å². The number of nitrogen functional groups attached to an aromatic ring is 1. The third kappa shape index (κ3) is 4.03. The van der Waals surface area contributed by atoms with Crippen molar-refractivity contribution in [1.29, 1.82) is 0 Å². The maximum absolute atomic E-state index is 9.00. The monoisotopic (exact) mass is 294 g/mol. The van der Waals surface area contributed by atoms with Crippen LogP contribution in [0.15, 0.2) is 6.07 Å². The highest BCUT2D eigenvalue weighted by Crippen LogP contribution is 2.24. The number of nitrogens with zero attached hydrogens (tertiary/aromatic N) is 4. The molecule has 0 spiro atoms. The number of hydrogen-bond acceptors (Lipinski definition) is 7. The molecule has 0 aliphatic carbocycles. The van der Waals surface area contributed by atoms with Crippen LogP contribution in [-0.2, 0) is 5.41 Å². The van der Waals surface area contributed by atoms with Crippen molar-refractivity contribution in [2.45, 2.75) is 26.2 Å². The number of piperazine rings is 1. The number of aliphatic hydroxyl groups is 1. The highest BCUT2D eigenvalue weighted by molar-refractivity contribution is 5.49. The predicted octanol–water partition coefficient (Wildman–Crippen LogP) is 0.174. The Kier molecular flexibility index (Phi) is 4.97. The molecule has 1 aliphatic rings. The van der Waals surface area contributed by atoms with E-state index in [2.05, 4.69) is 41.0 Å². The molecule has 7 heteroatoms. The van der Waals surface area contributed by atoms with Gasteiger partial charge in [-0.3, -0.25) is 4.90 Å². The number of nitrogens with one attached hydrogen (secondary N) is 1. The largest absolute Gasteiger partial charge is 0.395 e. The van der Waals surface area contributed by atoms with Crippen LogP contribution >= 0.6 is 0 Å². The summed E-state index contributed by atoms with van der Waals surface area (Å²) in [4.78, 5) is 13.6. The highest BCUT2D eigenvalue weighted by atomic mass is 16.3. The fraction of sp³-hybridized carbons (Fsp3) is 0.714. The summed E-state index contributed by atoms with van der Waals surface area (Å²) in [6.45, 7) is 10.9. The first-order valence-electron chi connectivity index (χ1n) is 7.38. The molecule has 1 aliphatic heterocycles. The van der Waals surface area contributed by atoms with E-state index in [1.165, 1.54) is 0 Å². The number of rotatable bonds is 4. The zero-order chi connectivity index (χ0) is 15.5. The summed E-state index contributed by atoms with van der Waals surface area (Å²) in [5, 5.41) is 9.00. The Morgan fingerprint density at radius 2 is 1.90 bits per heavy atom. The van der Waals surface area contributed by atoms with Crippen LogP contribution in [-0.4, -0.2) is 59.3 Å². The molecule has 118 valence electrons. The zero-order valence-electron chi connectivity index (χ0n) is 13.1. The molecule has 1 saturated heterocycles. The normalized spacial score (nSPS) is 17.1. The van der Waals surface area contributed by atoms with Gasteiger partial charge in [-0.1, -0.05) is 20.8 Å². The minimum atomic E-state index is -0.125. The summed E-state index contributed by atoms with van der Waals surface area (Å²) in [7, 11) is 0. The van der Waals surface area contributed by atoms with Crippen molar-refractivity contribution in [2.24, 2.45) is 5.84 Å². The Hall–Kier alpha value is -1.44. The van der Waals surface area contributed by atoms with Crippen LogP contribution in [0.1, 0.15) is 26.6 Å². The average molecular weight is 294 g/mol. The van der Waals surface area contributed by atoms with Crippen LogP contribution in [0.5, 0.6) is 0 Å². The average Bonchev–Trinajstić information content (AvgIpc) is 2.47. The summed E-state index contributed by atoms with van der Waals surface area (Å²) in [5.74, 6) is 7.86. The Morgan fingerprint density at radius 1 is 1.24 bits per heavy atom. The minimum Gasteiger partial charge on any atom is -0.395 e. The third-order valence-corrected chi connectivity index (χ3v) is 3.64. The second-order valence-corrected chi connectivity index (χ2v) is 6.38. The van der Waals surface area contributed by atoms with E-state index in [0.29, 0.717) is 5.82 Å². The van der Waals surface area contributed by atoms with Crippen molar-refractivity contribution < 1.29 is 5.11 Å². The third-order valence-electron chi connectivity index (χ3n) is 3.64. The molecular weight excluding hydrogens is 268 g/mol. The molecule has 21 heavy (non-hydrogen) atoms. The lowest BCUT2D eigenvalue weighted by Gasteiger charge is -2.35. The second-order valence-electron chi connectivity index (χ2n) is 6.38. The van der Waals surface area contributed by atoms with E-state index in [1.807, 2.05) is 6.07 Å². The van der Waals surface area contributed by atoms with Gasteiger partial charge in [0.2, 0.25) is 0 Å². The fourth-order valence-electron chi connectivity index (χ4n) is 2.35. The predicted molar refractivity (Wildman–Crippen MR) is 84.3 cm³/mol. The van der Waals surface area contributed by atoms with Crippen LogP contribution in [0.2, 0.25) is 0 Å². The van der Waals surface area contributed by atoms with Crippen molar-refractivity contribution in [3.05, 3.63) is 11.9 Å². The number of hydrogen-bond donors (Lipinski definition) is 3. The van der Waals surface area contributed by atoms with Gasteiger partial charge in [-0.25, -0.2) is 15.8 Å². The van der Waals surface area contributed by atoms with Crippen molar-refractivity contribution in [1.82, 2.24) is 14.9 Å². The van der Waals surface area contributed by atoms with Gasteiger partial charge in [0.15, 0.2) is 0 Å². The topological polar surface area (TPSA) is 90.5 Å². The number of β-amino-alcohol motifs (C(OH)–C–C–N with tert-alkyl or cyclic N) is 1. The molecule has 2 heterocycles. The van der Waals surface area contributed by atoms with Gasteiger partial charge in [-0.15, -0.1) is 0 Å². The minimum absolute atomic E-state index is 0.125. The maximum atomic E-state index is 9.00. The van der Waals surface area contributed by atoms with E-state index in [9.17, 15) is 0 Å². The van der Waals surface area contributed by atoms with Gasteiger partial charge in [-0.05, 0) is 0 Å². The summed E-state index contributed by atoms with van der Waals surface area (Å²) in [5.41, 5.74) is 2.50. The SMILES string of the molecule is CC(C)(C)c1nc(NN)cc(N2CCN(CCO)CC2)n1. The molecule has 1 aromatic heterocycles. The lowest BCUT2D eigenvalue weighted by molar-refractivity contribution is 0.188. The van der Waals surface area contributed by atoms with Gasteiger partial charge in [0.25, 0.3) is 0 Å². The first-order valence-corrected chi connectivity index (χ1v) is 7.38. The molecule has 1 fully saturated rings. The maximum Gasteiger partial charge on any atom is 0.145 e.